The van der Waals surface area contributed by atoms with Gasteiger partial charge in [-0.3, -0.25) is 4.79 Å². The molecule has 0 aromatic rings. The second-order valence-electron chi connectivity index (χ2n) is 4.75. The summed E-state index contributed by atoms with van der Waals surface area (Å²) >= 11 is 2.13. The highest BCUT2D eigenvalue weighted by molar-refractivity contribution is 14.1. The first-order chi connectivity index (χ1) is 8.70. The number of esters is 1. The van der Waals surface area contributed by atoms with Crippen molar-refractivity contribution in [3.8, 4) is 0 Å². The minimum atomic E-state index is -0.214. The van der Waals surface area contributed by atoms with E-state index >= 15 is 0 Å². The van der Waals surface area contributed by atoms with Gasteiger partial charge in [-0.25, -0.2) is 0 Å². The van der Waals surface area contributed by atoms with E-state index in [1.807, 2.05) is 4.08 Å². The minimum Gasteiger partial charge on any atom is -0.431 e. The zero-order valence-electron chi connectivity index (χ0n) is 11.8. The topological polar surface area (TPSA) is 26.3 Å². The molecular formula is C15H27IO2. The Morgan fingerprint density at radius 3 is 1.94 bits per heavy atom. The van der Waals surface area contributed by atoms with Crippen molar-refractivity contribution >= 4 is 28.6 Å². The largest absolute Gasteiger partial charge is 0.431 e. The Balaban J connectivity index is 3.31. The van der Waals surface area contributed by atoms with Crippen molar-refractivity contribution < 1.29 is 9.53 Å². The molecule has 0 unspecified atom stereocenters. The lowest BCUT2D eigenvalue weighted by Gasteiger charge is -2.06. The maximum absolute atomic E-state index is 10.8. The molecule has 18 heavy (non-hydrogen) atoms. The number of carbonyl (C=O) groups excluding carboxylic acids is 1. The molecule has 0 spiro atoms. The second kappa shape index (κ2) is 13.4. The molecule has 106 valence electrons. The van der Waals surface area contributed by atoms with Gasteiger partial charge in [-0.1, -0.05) is 58.3 Å². The summed E-state index contributed by atoms with van der Waals surface area (Å²) in [6.45, 7) is 3.71. The van der Waals surface area contributed by atoms with E-state index < -0.39 is 0 Å². The molecule has 0 radical (unpaired) electrons. The van der Waals surface area contributed by atoms with Crippen LogP contribution in [0, 0.1) is 0 Å². The number of hydrogen-bond acceptors (Lipinski definition) is 2. The summed E-state index contributed by atoms with van der Waals surface area (Å²) in [5.74, 6) is 0.597. The molecule has 0 fully saturated rings. The molecular weight excluding hydrogens is 339 g/mol. The lowest BCUT2D eigenvalue weighted by Crippen LogP contribution is -1.98. The van der Waals surface area contributed by atoms with E-state index in [4.69, 9.17) is 4.74 Å². The predicted octanol–water partition coefficient (Wildman–Crippen LogP) is 5.75. The average Bonchev–Trinajstić information content (AvgIpc) is 2.35. The fraction of sp³-hybridized carbons (Fsp3) is 0.800. The number of carbonyl (C=O) groups is 1. The molecule has 0 aliphatic carbocycles. The van der Waals surface area contributed by atoms with Gasteiger partial charge in [-0.15, -0.1) is 0 Å². The number of rotatable bonds is 11. The van der Waals surface area contributed by atoms with Crippen LogP contribution in [0.25, 0.3) is 0 Å². The van der Waals surface area contributed by atoms with Crippen molar-refractivity contribution in [3.63, 3.8) is 0 Å². The molecule has 0 aliphatic rings. The summed E-state index contributed by atoms with van der Waals surface area (Å²) in [6, 6.07) is 0. The highest BCUT2D eigenvalue weighted by atomic mass is 127. The van der Waals surface area contributed by atoms with Crippen molar-refractivity contribution in [3.05, 3.63) is 9.84 Å². The molecule has 0 heterocycles. The molecule has 0 bridgehead atoms. The SMILES string of the molecule is CCCCCCCCCCCC(=CI)OC(C)=O. The molecule has 0 N–H and O–H groups in total. The van der Waals surface area contributed by atoms with Crippen molar-refractivity contribution in [1.29, 1.82) is 0 Å². The molecule has 0 amide bonds. The molecule has 2 nitrogen and oxygen atoms in total. The van der Waals surface area contributed by atoms with Crippen LogP contribution in [0.1, 0.15) is 78.1 Å². The molecule has 0 atom stereocenters. The van der Waals surface area contributed by atoms with Crippen LogP contribution in [-0.2, 0) is 9.53 Å². The summed E-state index contributed by atoms with van der Waals surface area (Å²) in [6.07, 6.45) is 12.8. The number of ether oxygens (including phenoxy) is 1. The van der Waals surface area contributed by atoms with Gasteiger partial charge in [0.25, 0.3) is 0 Å². The van der Waals surface area contributed by atoms with E-state index in [9.17, 15) is 4.79 Å². The third kappa shape index (κ3) is 12.4. The summed E-state index contributed by atoms with van der Waals surface area (Å²) < 4.78 is 6.95. The van der Waals surface area contributed by atoms with E-state index in [1.54, 1.807) is 0 Å². The van der Waals surface area contributed by atoms with Crippen molar-refractivity contribution in [2.24, 2.45) is 0 Å². The molecule has 0 aromatic heterocycles. The Morgan fingerprint density at radius 1 is 1.00 bits per heavy atom. The molecule has 0 saturated carbocycles. The van der Waals surface area contributed by atoms with Crippen LogP contribution in [0.3, 0.4) is 0 Å². The summed E-state index contributed by atoms with van der Waals surface area (Å²) in [7, 11) is 0. The first-order valence-electron chi connectivity index (χ1n) is 7.18. The van der Waals surface area contributed by atoms with Crippen LogP contribution in [0.2, 0.25) is 0 Å². The average molecular weight is 366 g/mol. The van der Waals surface area contributed by atoms with Gasteiger partial charge in [0.1, 0.15) is 5.76 Å². The fourth-order valence-electron chi connectivity index (χ4n) is 1.92. The number of unbranched alkanes of at least 4 members (excludes halogenated alkanes) is 8. The van der Waals surface area contributed by atoms with E-state index in [1.165, 1.54) is 58.3 Å². The zero-order valence-corrected chi connectivity index (χ0v) is 14.0. The summed E-state index contributed by atoms with van der Waals surface area (Å²) in [5.41, 5.74) is 0. The van der Waals surface area contributed by atoms with Gasteiger partial charge in [0, 0.05) is 17.4 Å². The van der Waals surface area contributed by atoms with Gasteiger partial charge < -0.3 is 4.74 Å². The third-order valence-corrected chi connectivity index (χ3v) is 3.62. The van der Waals surface area contributed by atoms with E-state index in [2.05, 4.69) is 29.5 Å². The van der Waals surface area contributed by atoms with Crippen LogP contribution in [-0.4, -0.2) is 5.97 Å². The monoisotopic (exact) mass is 366 g/mol. The van der Waals surface area contributed by atoms with E-state index in [0.717, 1.165) is 18.6 Å². The molecule has 0 rings (SSSR count). The normalized spacial score (nSPS) is 11.6. The van der Waals surface area contributed by atoms with E-state index in [0.29, 0.717) is 0 Å². The van der Waals surface area contributed by atoms with Gasteiger partial charge in [0.2, 0.25) is 0 Å². The number of hydrogen-bond donors (Lipinski definition) is 0. The second-order valence-corrected chi connectivity index (χ2v) is 5.37. The first-order valence-corrected chi connectivity index (χ1v) is 8.43. The standard InChI is InChI=1S/C15H27IO2/c1-3-4-5-6-7-8-9-10-11-12-15(13-16)18-14(2)17/h13H,3-12H2,1-2H3. The molecule has 3 heteroatoms. The van der Waals surface area contributed by atoms with Crippen LogP contribution >= 0.6 is 22.6 Å². The quantitative estimate of drug-likeness (QED) is 0.202. The number of allylic oxidation sites excluding steroid dienone is 1. The minimum absolute atomic E-state index is 0.214. The van der Waals surface area contributed by atoms with Gasteiger partial charge in [0.15, 0.2) is 0 Å². The fourth-order valence-corrected chi connectivity index (χ4v) is 2.36. The highest BCUT2D eigenvalue weighted by Crippen LogP contribution is 2.15. The Labute approximate surface area is 126 Å². The smallest absolute Gasteiger partial charge is 0.307 e. The van der Waals surface area contributed by atoms with Gasteiger partial charge in [-0.2, -0.15) is 0 Å². The van der Waals surface area contributed by atoms with Gasteiger partial charge >= 0.3 is 5.97 Å². The number of halogens is 1. The van der Waals surface area contributed by atoms with Crippen molar-refractivity contribution in [2.45, 2.75) is 78.1 Å². The Morgan fingerprint density at radius 2 is 1.50 bits per heavy atom. The molecule has 0 saturated heterocycles. The van der Waals surface area contributed by atoms with Gasteiger partial charge in [-0.05, 0) is 29.0 Å². The van der Waals surface area contributed by atoms with Crippen LogP contribution < -0.4 is 0 Å². The molecule has 0 aliphatic heterocycles. The highest BCUT2D eigenvalue weighted by Gasteiger charge is 2.01. The Bertz CT molecular complexity index is 237. The lowest BCUT2D eigenvalue weighted by molar-refractivity contribution is -0.137. The maximum Gasteiger partial charge on any atom is 0.307 e. The van der Waals surface area contributed by atoms with Crippen molar-refractivity contribution in [2.75, 3.05) is 0 Å². The summed E-state index contributed by atoms with van der Waals surface area (Å²) in [4.78, 5) is 10.8. The van der Waals surface area contributed by atoms with Gasteiger partial charge in [0.05, 0.1) is 0 Å². The summed E-state index contributed by atoms with van der Waals surface area (Å²) in [5, 5.41) is 0. The third-order valence-electron chi connectivity index (χ3n) is 2.92. The first kappa shape index (κ1) is 17.9. The Kier molecular flexibility index (Phi) is 13.3. The zero-order chi connectivity index (χ0) is 13.6. The van der Waals surface area contributed by atoms with Crippen LogP contribution in [0.5, 0.6) is 0 Å². The molecule has 0 aromatic carbocycles. The van der Waals surface area contributed by atoms with E-state index in [-0.39, 0.29) is 5.97 Å². The van der Waals surface area contributed by atoms with Crippen LogP contribution in [0.15, 0.2) is 9.84 Å². The maximum atomic E-state index is 10.8. The van der Waals surface area contributed by atoms with Crippen molar-refractivity contribution in [1.82, 2.24) is 0 Å². The predicted molar refractivity (Wildman–Crippen MR) is 85.7 cm³/mol. The lowest BCUT2D eigenvalue weighted by atomic mass is 10.1. The van der Waals surface area contributed by atoms with Crippen LogP contribution in [0.4, 0.5) is 0 Å². The Hall–Kier alpha value is -0.0600.